The number of aliphatic hydroxyl groups excluding tert-OH is 2. The van der Waals surface area contributed by atoms with Crippen LogP contribution in [-0.4, -0.2) is 36.1 Å². The van der Waals surface area contributed by atoms with Gasteiger partial charge >= 0.3 is 0 Å². The molecule has 0 heterocycles. The average Bonchev–Trinajstić information content (AvgIpc) is 2.36. The number of ether oxygens (including phenoxy) is 1. The molecule has 17 heavy (non-hydrogen) atoms. The molecule has 0 amide bonds. The van der Waals surface area contributed by atoms with Crippen LogP contribution in [-0.2, 0) is 0 Å². The van der Waals surface area contributed by atoms with Gasteiger partial charge in [-0.05, 0) is 19.5 Å². The van der Waals surface area contributed by atoms with Crippen LogP contribution in [0.25, 0.3) is 0 Å². The van der Waals surface area contributed by atoms with E-state index in [9.17, 15) is 5.11 Å². The number of para-hydroxylation sites is 1. The van der Waals surface area contributed by atoms with Gasteiger partial charge in [0.1, 0.15) is 18.5 Å². The molecule has 0 fully saturated rings. The van der Waals surface area contributed by atoms with Crippen LogP contribution in [0.15, 0.2) is 24.3 Å². The highest BCUT2D eigenvalue weighted by Gasteiger charge is 2.11. The second-order valence-electron chi connectivity index (χ2n) is 3.96. The Balaban J connectivity index is 2.70. The molecule has 4 nitrogen and oxygen atoms in total. The van der Waals surface area contributed by atoms with Gasteiger partial charge in [0.25, 0.3) is 0 Å². The normalized spacial score (nSPS) is 14.4. The molecule has 0 saturated heterocycles. The zero-order chi connectivity index (χ0) is 12.7. The predicted molar refractivity (Wildman–Crippen MR) is 67.1 cm³/mol. The van der Waals surface area contributed by atoms with E-state index in [-0.39, 0.29) is 19.3 Å². The maximum absolute atomic E-state index is 9.26. The highest BCUT2D eigenvalue weighted by molar-refractivity contribution is 5.35. The van der Waals surface area contributed by atoms with E-state index in [4.69, 9.17) is 9.84 Å². The van der Waals surface area contributed by atoms with Crippen molar-refractivity contribution in [1.29, 1.82) is 0 Å². The fourth-order valence-corrected chi connectivity index (χ4v) is 1.62. The molecule has 96 valence electrons. The molecule has 3 N–H and O–H groups in total. The minimum atomic E-state index is -0.836. The Morgan fingerprint density at radius 1 is 1.35 bits per heavy atom. The van der Waals surface area contributed by atoms with E-state index < -0.39 is 6.10 Å². The summed E-state index contributed by atoms with van der Waals surface area (Å²) in [7, 11) is 0. The Bertz CT molecular complexity index is 330. The van der Waals surface area contributed by atoms with Crippen LogP contribution >= 0.6 is 0 Å². The lowest BCUT2D eigenvalue weighted by molar-refractivity contribution is 0.0531. The van der Waals surface area contributed by atoms with Crippen LogP contribution in [0.1, 0.15) is 25.5 Å². The average molecular weight is 239 g/mol. The topological polar surface area (TPSA) is 61.7 Å². The van der Waals surface area contributed by atoms with Gasteiger partial charge < -0.3 is 20.3 Å². The van der Waals surface area contributed by atoms with E-state index in [1.165, 1.54) is 0 Å². The Labute approximate surface area is 102 Å². The number of hydrogen-bond donors (Lipinski definition) is 3. The van der Waals surface area contributed by atoms with Gasteiger partial charge in [-0.1, -0.05) is 25.1 Å². The van der Waals surface area contributed by atoms with E-state index in [1.54, 1.807) is 0 Å². The lowest BCUT2D eigenvalue weighted by Crippen LogP contribution is -2.23. The maximum atomic E-state index is 9.26. The van der Waals surface area contributed by atoms with E-state index in [0.29, 0.717) is 0 Å². The second-order valence-corrected chi connectivity index (χ2v) is 3.96. The molecular formula is C13H21NO3. The van der Waals surface area contributed by atoms with Gasteiger partial charge in [-0.25, -0.2) is 0 Å². The molecular weight excluding hydrogens is 218 g/mol. The third-order valence-electron chi connectivity index (χ3n) is 2.54. The second kappa shape index (κ2) is 7.27. The zero-order valence-corrected chi connectivity index (χ0v) is 10.4. The number of aliphatic hydroxyl groups is 2. The van der Waals surface area contributed by atoms with Gasteiger partial charge in [-0.15, -0.1) is 0 Å². The third kappa shape index (κ3) is 4.34. The summed E-state index contributed by atoms with van der Waals surface area (Å²) < 4.78 is 5.51. The van der Waals surface area contributed by atoms with Crippen LogP contribution in [0.3, 0.4) is 0 Å². The first-order chi connectivity index (χ1) is 8.19. The Morgan fingerprint density at radius 2 is 2.06 bits per heavy atom. The van der Waals surface area contributed by atoms with Crippen molar-refractivity contribution in [2.75, 3.05) is 19.8 Å². The number of rotatable bonds is 7. The zero-order valence-electron chi connectivity index (χ0n) is 10.4. The largest absolute Gasteiger partial charge is 0.490 e. The van der Waals surface area contributed by atoms with Gasteiger partial charge in [0, 0.05) is 11.6 Å². The molecule has 0 bridgehead atoms. The van der Waals surface area contributed by atoms with Crippen molar-refractivity contribution in [3.8, 4) is 5.75 Å². The fraction of sp³-hybridized carbons (Fsp3) is 0.538. The van der Waals surface area contributed by atoms with Crippen molar-refractivity contribution < 1.29 is 14.9 Å². The van der Waals surface area contributed by atoms with Gasteiger partial charge in [0.15, 0.2) is 0 Å². The summed E-state index contributed by atoms with van der Waals surface area (Å²) in [5.41, 5.74) is 1.06. The van der Waals surface area contributed by atoms with Crippen LogP contribution in [0.2, 0.25) is 0 Å². The first kappa shape index (κ1) is 14.0. The fourth-order valence-electron chi connectivity index (χ4n) is 1.62. The van der Waals surface area contributed by atoms with Gasteiger partial charge in [0.2, 0.25) is 0 Å². The summed E-state index contributed by atoms with van der Waals surface area (Å²) in [6.45, 7) is 4.82. The van der Waals surface area contributed by atoms with Gasteiger partial charge in [-0.2, -0.15) is 0 Å². The van der Waals surface area contributed by atoms with Crippen molar-refractivity contribution in [2.24, 2.45) is 0 Å². The molecule has 4 heteroatoms. The molecule has 2 atom stereocenters. The lowest BCUT2D eigenvalue weighted by Gasteiger charge is -2.18. The first-order valence-electron chi connectivity index (χ1n) is 5.93. The van der Waals surface area contributed by atoms with Crippen molar-refractivity contribution in [1.82, 2.24) is 5.32 Å². The first-order valence-corrected chi connectivity index (χ1v) is 5.93. The Morgan fingerprint density at radius 3 is 2.71 bits per heavy atom. The highest BCUT2D eigenvalue weighted by Crippen LogP contribution is 2.24. The monoisotopic (exact) mass is 239 g/mol. The van der Waals surface area contributed by atoms with Crippen LogP contribution in [0, 0.1) is 0 Å². The van der Waals surface area contributed by atoms with Gasteiger partial charge in [0.05, 0.1) is 6.61 Å². The summed E-state index contributed by atoms with van der Waals surface area (Å²) in [5, 5.41) is 21.3. The molecule has 0 saturated carbocycles. The van der Waals surface area contributed by atoms with Crippen LogP contribution < -0.4 is 10.1 Å². The molecule has 0 aliphatic carbocycles. The van der Waals surface area contributed by atoms with E-state index in [1.807, 2.05) is 24.3 Å². The smallest absolute Gasteiger partial charge is 0.124 e. The predicted octanol–water partition coefficient (Wildman–Crippen LogP) is 1.09. The molecule has 1 rings (SSSR count). The summed E-state index contributed by atoms with van der Waals surface area (Å²) in [6.07, 6.45) is -0.836. The van der Waals surface area contributed by atoms with E-state index in [2.05, 4.69) is 19.2 Å². The van der Waals surface area contributed by atoms with Crippen molar-refractivity contribution in [2.45, 2.75) is 26.0 Å². The third-order valence-corrected chi connectivity index (χ3v) is 2.54. The Hall–Kier alpha value is -1.10. The van der Waals surface area contributed by atoms with Crippen LogP contribution in [0.4, 0.5) is 0 Å². The number of hydrogen-bond acceptors (Lipinski definition) is 4. The summed E-state index contributed by atoms with van der Waals surface area (Å²) in [5.74, 6) is 0.744. The molecule has 0 aliphatic rings. The molecule has 0 radical (unpaired) electrons. The van der Waals surface area contributed by atoms with Crippen molar-refractivity contribution in [3.63, 3.8) is 0 Å². The standard InChI is InChI=1S/C13H21NO3/c1-3-14-10(2)12-6-4-5-7-13(12)17-9-11(16)8-15/h4-7,10-11,14-16H,3,8-9H2,1-2H3. The quantitative estimate of drug-likeness (QED) is 0.666. The molecule has 1 aromatic rings. The lowest BCUT2D eigenvalue weighted by atomic mass is 10.1. The van der Waals surface area contributed by atoms with Crippen molar-refractivity contribution in [3.05, 3.63) is 29.8 Å². The minimum absolute atomic E-state index is 0.104. The number of nitrogens with one attached hydrogen (secondary N) is 1. The summed E-state index contributed by atoms with van der Waals surface area (Å²) in [4.78, 5) is 0. The Kier molecular flexibility index (Phi) is 5.97. The van der Waals surface area contributed by atoms with Gasteiger partial charge in [-0.3, -0.25) is 0 Å². The van der Waals surface area contributed by atoms with E-state index in [0.717, 1.165) is 17.9 Å². The molecule has 0 aliphatic heterocycles. The molecule has 0 aromatic heterocycles. The van der Waals surface area contributed by atoms with Crippen molar-refractivity contribution >= 4 is 0 Å². The minimum Gasteiger partial charge on any atom is -0.490 e. The van der Waals surface area contributed by atoms with E-state index >= 15 is 0 Å². The summed E-state index contributed by atoms with van der Waals surface area (Å²) >= 11 is 0. The SMILES string of the molecule is CCNC(C)c1ccccc1OCC(O)CO. The van der Waals surface area contributed by atoms with Crippen LogP contribution in [0.5, 0.6) is 5.75 Å². The molecule has 0 spiro atoms. The maximum Gasteiger partial charge on any atom is 0.124 e. The molecule has 1 aromatic carbocycles. The molecule has 2 unspecified atom stereocenters. The number of benzene rings is 1. The highest BCUT2D eigenvalue weighted by atomic mass is 16.5. The summed E-state index contributed by atoms with van der Waals surface area (Å²) in [6, 6.07) is 7.91.